The molecule has 0 saturated heterocycles. The number of benzene rings is 3. The van der Waals surface area contributed by atoms with Crippen molar-refractivity contribution < 1.29 is 13.8 Å². The van der Waals surface area contributed by atoms with Gasteiger partial charge in [0, 0.05) is 38.5 Å². The van der Waals surface area contributed by atoms with Gasteiger partial charge in [-0.15, -0.1) is 27.6 Å². The van der Waals surface area contributed by atoms with Crippen molar-refractivity contribution in [1.82, 2.24) is 0 Å². The van der Waals surface area contributed by atoms with E-state index in [1.807, 2.05) is 0 Å². The molecule has 0 spiro atoms. The minimum absolute atomic E-state index is 0.101. The number of anilines is 2. The van der Waals surface area contributed by atoms with E-state index in [1.54, 1.807) is 24.3 Å². The highest BCUT2D eigenvalue weighted by atomic mass is 35.5. The van der Waals surface area contributed by atoms with E-state index in [4.69, 9.17) is 63.3 Å². The van der Waals surface area contributed by atoms with E-state index < -0.39 is 37.7 Å². The van der Waals surface area contributed by atoms with Gasteiger partial charge < -0.3 is 10.6 Å². The number of hydrogen-bond donors (Lipinski definition) is 2. The van der Waals surface area contributed by atoms with Gasteiger partial charge in [-0.05, 0) is 66.2 Å². The Hall–Kier alpha value is -2.51. The Morgan fingerprint density at radius 1 is 0.947 bits per heavy atom. The molecule has 7 nitrogen and oxygen atoms in total. The Bertz CT molecular complexity index is 1590. The smallest absolute Gasteiger partial charge is 0.257 e. The summed E-state index contributed by atoms with van der Waals surface area (Å²) in [7, 11) is -2.86. The molecule has 4 rings (SSSR count). The van der Waals surface area contributed by atoms with Gasteiger partial charge in [0.25, 0.3) is 5.91 Å². The monoisotopic (exact) mass is 628 g/mol. The van der Waals surface area contributed by atoms with Gasteiger partial charge in [-0.3, -0.25) is 9.59 Å². The maximum absolute atomic E-state index is 13.0. The van der Waals surface area contributed by atoms with Crippen molar-refractivity contribution in [3.63, 3.8) is 0 Å². The summed E-state index contributed by atoms with van der Waals surface area (Å²) in [6, 6.07) is 15.4. The molecule has 1 aliphatic rings. The fraction of sp³-hybridized carbons (Fsp3) is 0.160. The zero-order chi connectivity index (χ0) is 27.8. The van der Waals surface area contributed by atoms with Crippen LogP contribution in [-0.2, 0) is 14.5 Å². The van der Waals surface area contributed by atoms with Gasteiger partial charge in [0.2, 0.25) is 12.1 Å². The summed E-state index contributed by atoms with van der Waals surface area (Å²) in [6.07, 6.45) is 2.88. The quantitative estimate of drug-likeness (QED) is 0.219. The Kier molecular flexibility index (Phi) is 8.20. The molecular weight excluding hydrogens is 614 g/mol. The number of nitrogens with zero attached hydrogens (tertiary/aromatic N) is 2. The van der Waals surface area contributed by atoms with E-state index in [0.717, 1.165) is 0 Å². The van der Waals surface area contributed by atoms with E-state index >= 15 is 0 Å². The highest BCUT2D eigenvalue weighted by Gasteiger charge is 2.67. The van der Waals surface area contributed by atoms with Crippen LogP contribution in [0.3, 0.4) is 0 Å². The Balaban J connectivity index is 1.49. The third-order valence-electron chi connectivity index (χ3n) is 5.82. The molecule has 1 unspecified atom stereocenters. The molecule has 0 bridgehead atoms. The summed E-state index contributed by atoms with van der Waals surface area (Å²) >= 11 is 31.3. The maximum atomic E-state index is 13.0. The average molecular weight is 631 g/mol. The molecule has 3 aromatic carbocycles. The van der Waals surface area contributed by atoms with Crippen LogP contribution in [0.2, 0.25) is 15.1 Å². The largest absolute Gasteiger partial charge is 0.326 e. The minimum Gasteiger partial charge on any atom is -0.326 e. The second kappa shape index (κ2) is 10.9. The summed E-state index contributed by atoms with van der Waals surface area (Å²) in [6.45, 7) is 0. The number of rotatable bonds is 6. The first-order valence-electron chi connectivity index (χ1n) is 10.8. The van der Waals surface area contributed by atoms with E-state index in [2.05, 4.69) is 15.0 Å². The van der Waals surface area contributed by atoms with Crippen LogP contribution in [0.15, 0.2) is 69.9 Å². The van der Waals surface area contributed by atoms with Crippen molar-refractivity contribution >= 4 is 90.9 Å². The van der Waals surface area contributed by atoms with Gasteiger partial charge in [-0.2, -0.15) is 5.26 Å². The lowest BCUT2D eigenvalue weighted by atomic mass is 10.1. The van der Waals surface area contributed by atoms with Crippen molar-refractivity contribution in [1.29, 1.82) is 5.26 Å². The molecule has 2 N–H and O–H groups in total. The summed E-state index contributed by atoms with van der Waals surface area (Å²) in [5.41, 5.74) is 1.44. The lowest BCUT2D eigenvalue weighted by Gasteiger charge is -2.11. The number of halogens is 5. The van der Waals surface area contributed by atoms with Crippen LogP contribution >= 0.6 is 58.0 Å². The Morgan fingerprint density at radius 2 is 1.55 bits per heavy atom. The SMILES string of the molecule is CS(=O)(=NC#N)c1ccc(NC(=O)c2cc(NC(=O)[C@H]3[C@H](c4cc(Cl)cc(Cl)c4)C3(Cl)Cl)ccc2Cl)cc1. The number of nitriles is 1. The standard InChI is InChI=1S/C25H17Cl5N4O3S/c1-38(37,32-12-31)18-5-2-16(3-6-18)33-23(35)19-11-17(4-7-20(19)28)34-24(36)22-21(25(22,29)30)13-8-14(26)10-15(27)9-13/h2-11,21-22H,1H3,(H,33,35)(H,34,36)/t21-,22+,38?/m0/s1. The number of hydrogen-bond acceptors (Lipinski definition) is 5. The number of amides is 2. The zero-order valence-electron chi connectivity index (χ0n) is 19.3. The van der Waals surface area contributed by atoms with E-state index in [0.29, 0.717) is 31.9 Å². The molecule has 0 heterocycles. The van der Waals surface area contributed by atoms with Crippen molar-refractivity contribution in [2.75, 3.05) is 16.9 Å². The van der Waals surface area contributed by atoms with Crippen molar-refractivity contribution in [3.05, 3.63) is 86.9 Å². The van der Waals surface area contributed by atoms with E-state index in [1.165, 1.54) is 48.8 Å². The van der Waals surface area contributed by atoms with Gasteiger partial charge in [-0.1, -0.05) is 34.8 Å². The second-order valence-electron chi connectivity index (χ2n) is 8.49. The minimum atomic E-state index is -2.86. The normalized spacial score (nSPS) is 19.0. The van der Waals surface area contributed by atoms with Crippen LogP contribution < -0.4 is 10.6 Å². The van der Waals surface area contributed by atoms with Crippen LogP contribution in [0.4, 0.5) is 11.4 Å². The molecule has 13 heteroatoms. The molecule has 3 atom stereocenters. The molecular formula is C25H17Cl5N4O3S. The molecule has 1 aliphatic carbocycles. The molecule has 0 aliphatic heterocycles. The highest BCUT2D eigenvalue weighted by molar-refractivity contribution is 7.93. The van der Waals surface area contributed by atoms with Gasteiger partial charge in [0.15, 0.2) is 0 Å². The topological polar surface area (TPSA) is 111 Å². The van der Waals surface area contributed by atoms with Crippen molar-refractivity contribution in [2.24, 2.45) is 10.3 Å². The van der Waals surface area contributed by atoms with Crippen LogP contribution in [0.5, 0.6) is 0 Å². The third kappa shape index (κ3) is 6.04. The maximum Gasteiger partial charge on any atom is 0.257 e. The van der Waals surface area contributed by atoms with Gasteiger partial charge in [0.1, 0.15) is 4.33 Å². The molecule has 196 valence electrons. The fourth-order valence-electron chi connectivity index (χ4n) is 3.94. The highest BCUT2D eigenvalue weighted by Crippen LogP contribution is 2.65. The average Bonchev–Trinajstić information content (AvgIpc) is 3.42. The van der Waals surface area contributed by atoms with E-state index in [-0.39, 0.29) is 10.6 Å². The molecule has 0 aromatic heterocycles. The molecule has 1 saturated carbocycles. The number of alkyl halides is 2. The van der Waals surface area contributed by atoms with Gasteiger partial charge in [-0.25, -0.2) is 4.21 Å². The molecule has 38 heavy (non-hydrogen) atoms. The predicted octanol–water partition coefficient (Wildman–Crippen LogP) is 7.36. The lowest BCUT2D eigenvalue weighted by molar-refractivity contribution is -0.117. The second-order valence-corrected chi connectivity index (χ2v) is 13.5. The number of carbonyl (C=O) groups excluding carboxylic acids is 2. The number of carbonyl (C=O) groups is 2. The number of nitrogens with one attached hydrogen (secondary N) is 2. The summed E-state index contributed by atoms with van der Waals surface area (Å²) < 4.78 is 14.4. The lowest BCUT2D eigenvalue weighted by Crippen LogP contribution is -2.18. The molecule has 0 radical (unpaired) electrons. The first-order valence-corrected chi connectivity index (χ1v) is 14.6. The fourth-order valence-corrected chi connectivity index (χ4v) is 6.42. The van der Waals surface area contributed by atoms with Crippen LogP contribution in [0, 0.1) is 17.4 Å². The summed E-state index contributed by atoms with van der Waals surface area (Å²) in [4.78, 5) is 26.3. The molecule has 2 amide bonds. The van der Waals surface area contributed by atoms with Crippen LogP contribution in [0.25, 0.3) is 0 Å². The van der Waals surface area contributed by atoms with Crippen LogP contribution in [-0.4, -0.2) is 26.6 Å². The molecule has 1 fully saturated rings. The van der Waals surface area contributed by atoms with Crippen molar-refractivity contribution in [3.8, 4) is 6.19 Å². The Labute approximate surface area is 244 Å². The first-order chi connectivity index (χ1) is 17.8. The van der Waals surface area contributed by atoms with Gasteiger partial charge in [0.05, 0.1) is 26.2 Å². The van der Waals surface area contributed by atoms with Crippen LogP contribution in [0.1, 0.15) is 21.8 Å². The third-order valence-corrected chi connectivity index (χ3v) is 9.11. The zero-order valence-corrected chi connectivity index (χ0v) is 23.9. The predicted molar refractivity (Wildman–Crippen MR) is 152 cm³/mol. The van der Waals surface area contributed by atoms with E-state index in [9.17, 15) is 13.8 Å². The summed E-state index contributed by atoms with van der Waals surface area (Å²) in [5.74, 6) is -2.31. The molecule has 3 aromatic rings. The van der Waals surface area contributed by atoms with Crippen molar-refractivity contribution in [2.45, 2.75) is 15.1 Å². The summed E-state index contributed by atoms with van der Waals surface area (Å²) in [5, 5.41) is 15.1. The van der Waals surface area contributed by atoms with Gasteiger partial charge >= 0.3 is 0 Å². The first kappa shape index (κ1) is 28.5. The Morgan fingerprint density at radius 3 is 2.16 bits per heavy atom.